The Hall–Kier alpha value is -1.44. The average Bonchev–Trinajstić information content (AvgIpc) is 2.67. The summed E-state index contributed by atoms with van der Waals surface area (Å²) in [4.78, 5) is 15.3. The Kier molecular flexibility index (Phi) is 7.58. The number of amides is 1. The lowest BCUT2D eigenvalue weighted by Gasteiger charge is -2.36. The second-order valence-electron chi connectivity index (χ2n) is 9.52. The van der Waals surface area contributed by atoms with Crippen LogP contribution < -0.4 is 5.32 Å². The van der Waals surface area contributed by atoms with Gasteiger partial charge in [0.05, 0.1) is 4.90 Å². The third kappa shape index (κ3) is 5.62. The highest BCUT2D eigenvalue weighted by molar-refractivity contribution is 7.89. The first-order valence-corrected chi connectivity index (χ1v) is 12.8. The molecule has 30 heavy (non-hydrogen) atoms. The highest BCUT2D eigenvalue weighted by atomic mass is 32.2. The second kappa shape index (κ2) is 9.79. The second-order valence-corrected chi connectivity index (χ2v) is 11.4. The van der Waals surface area contributed by atoms with Gasteiger partial charge in [-0.15, -0.1) is 0 Å². The van der Waals surface area contributed by atoms with Crippen molar-refractivity contribution in [3.63, 3.8) is 0 Å². The fraction of sp³-hybridized carbons (Fsp3) is 0.696. The minimum atomic E-state index is -3.51. The van der Waals surface area contributed by atoms with Crippen molar-refractivity contribution in [1.29, 1.82) is 0 Å². The van der Waals surface area contributed by atoms with E-state index in [-0.39, 0.29) is 22.9 Å². The summed E-state index contributed by atoms with van der Waals surface area (Å²) < 4.78 is 27.5. The van der Waals surface area contributed by atoms with Gasteiger partial charge in [0.25, 0.3) is 5.91 Å². The molecule has 1 aromatic carbocycles. The molecular weight excluding hydrogens is 398 g/mol. The monoisotopic (exact) mass is 435 g/mol. The van der Waals surface area contributed by atoms with Crippen molar-refractivity contribution in [2.24, 2.45) is 11.8 Å². The van der Waals surface area contributed by atoms with Gasteiger partial charge < -0.3 is 10.2 Å². The molecule has 2 fully saturated rings. The summed E-state index contributed by atoms with van der Waals surface area (Å²) in [5, 5.41) is 3.06. The van der Waals surface area contributed by atoms with Gasteiger partial charge in [-0.2, -0.15) is 4.31 Å². The lowest BCUT2D eigenvalue weighted by molar-refractivity contribution is 0.0905. The van der Waals surface area contributed by atoms with Gasteiger partial charge in [-0.25, -0.2) is 8.42 Å². The van der Waals surface area contributed by atoms with E-state index < -0.39 is 10.0 Å². The molecule has 4 atom stereocenters. The first-order chi connectivity index (χ1) is 14.2. The van der Waals surface area contributed by atoms with Crippen molar-refractivity contribution in [2.45, 2.75) is 70.4 Å². The number of nitrogens with zero attached hydrogens (tertiary/aromatic N) is 2. The van der Waals surface area contributed by atoms with Crippen LogP contribution in [0.15, 0.2) is 29.2 Å². The van der Waals surface area contributed by atoms with Crippen LogP contribution in [0.4, 0.5) is 0 Å². The standard InChI is InChI=1S/C23H37N3O3S/c1-17-13-18(2)15-25(14-17)16-19(3)24-23(27)21-8-10-22(11-9-21)30(28,29)26-12-6-5-7-20(26)4/h8-11,17-20H,5-7,12-16H2,1-4H3,(H,24,27). The van der Waals surface area contributed by atoms with Gasteiger partial charge in [0, 0.05) is 43.8 Å². The third-order valence-electron chi connectivity index (χ3n) is 6.32. The zero-order chi connectivity index (χ0) is 21.9. The molecule has 0 aromatic heterocycles. The van der Waals surface area contributed by atoms with Crippen molar-refractivity contribution in [2.75, 3.05) is 26.2 Å². The summed E-state index contributed by atoms with van der Waals surface area (Å²) in [7, 11) is -3.51. The molecule has 2 heterocycles. The topological polar surface area (TPSA) is 69.7 Å². The molecule has 0 spiro atoms. The van der Waals surface area contributed by atoms with Crippen LogP contribution in [0.1, 0.15) is 63.7 Å². The van der Waals surface area contributed by atoms with Gasteiger partial charge in [-0.3, -0.25) is 4.79 Å². The zero-order valence-corrected chi connectivity index (χ0v) is 19.6. The van der Waals surface area contributed by atoms with E-state index in [1.54, 1.807) is 28.6 Å². The van der Waals surface area contributed by atoms with Crippen molar-refractivity contribution >= 4 is 15.9 Å². The van der Waals surface area contributed by atoms with Crippen LogP contribution in [0.25, 0.3) is 0 Å². The molecule has 4 unspecified atom stereocenters. The maximum atomic E-state index is 13.0. The van der Waals surface area contributed by atoms with Crippen LogP contribution in [0, 0.1) is 11.8 Å². The summed E-state index contributed by atoms with van der Waals surface area (Å²) in [6.45, 7) is 12.1. The van der Waals surface area contributed by atoms with E-state index in [2.05, 4.69) is 24.1 Å². The summed E-state index contributed by atoms with van der Waals surface area (Å²) >= 11 is 0. The molecule has 1 aromatic rings. The van der Waals surface area contributed by atoms with Crippen LogP contribution in [0.3, 0.4) is 0 Å². The highest BCUT2D eigenvalue weighted by Crippen LogP contribution is 2.25. The predicted molar refractivity (Wildman–Crippen MR) is 120 cm³/mol. The number of nitrogens with one attached hydrogen (secondary N) is 1. The molecule has 0 bridgehead atoms. The molecule has 3 rings (SSSR count). The number of carbonyl (C=O) groups is 1. The first kappa shape index (κ1) is 23.2. The summed E-state index contributed by atoms with van der Waals surface area (Å²) in [5.41, 5.74) is 0.493. The van der Waals surface area contributed by atoms with E-state index in [4.69, 9.17) is 0 Å². The average molecular weight is 436 g/mol. The minimum absolute atomic E-state index is 0.0211. The minimum Gasteiger partial charge on any atom is -0.348 e. The Labute approximate surface area is 182 Å². The Morgan fingerprint density at radius 1 is 1.10 bits per heavy atom. The SMILES string of the molecule is CC1CC(C)CN(CC(C)NC(=O)c2ccc(S(=O)(=O)N3CCCCC3C)cc2)C1. The molecular formula is C23H37N3O3S. The molecule has 1 N–H and O–H groups in total. The summed E-state index contributed by atoms with van der Waals surface area (Å²) in [6, 6.07) is 6.41. The lowest BCUT2D eigenvalue weighted by Crippen LogP contribution is -2.47. The summed E-state index contributed by atoms with van der Waals surface area (Å²) in [6.07, 6.45) is 4.13. The Morgan fingerprint density at radius 2 is 1.73 bits per heavy atom. The number of hydrogen-bond donors (Lipinski definition) is 1. The van der Waals surface area contributed by atoms with Crippen molar-refractivity contribution in [3.8, 4) is 0 Å². The maximum absolute atomic E-state index is 13.0. The molecule has 6 nitrogen and oxygen atoms in total. The molecule has 2 aliphatic rings. The molecule has 0 saturated carbocycles. The number of rotatable bonds is 6. The van der Waals surface area contributed by atoms with E-state index in [9.17, 15) is 13.2 Å². The van der Waals surface area contributed by atoms with Gasteiger partial charge >= 0.3 is 0 Å². The van der Waals surface area contributed by atoms with E-state index in [0.29, 0.717) is 23.9 Å². The van der Waals surface area contributed by atoms with Crippen molar-refractivity contribution < 1.29 is 13.2 Å². The fourth-order valence-electron chi connectivity index (χ4n) is 5.02. The Bertz CT molecular complexity index is 815. The van der Waals surface area contributed by atoms with Crippen LogP contribution in [-0.2, 0) is 10.0 Å². The molecule has 2 aliphatic heterocycles. The number of carbonyl (C=O) groups excluding carboxylic acids is 1. The van der Waals surface area contributed by atoms with E-state index in [0.717, 1.165) is 38.9 Å². The Balaban J connectivity index is 1.59. The van der Waals surface area contributed by atoms with Crippen LogP contribution >= 0.6 is 0 Å². The number of benzene rings is 1. The zero-order valence-electron chi connectivity index (χ0n) is 18.8. The van der Waals surface area contributed by atoms with E-state index in [1.165, 1.54) is 6.42 Å². The number of sulfonamides is 1. The third-order valence-corrected chi connectivity index (χ3v) is 8.35. The molecule has 2 saturated heterocycles. The van der Waals surface area contributed by atoms with Gasteiger partial charge in [0.1, 0.15) is 0 Å². The smallest absolute Gasteiger partial charge is 0.251 e. The van der Waals surface area contributed by atoms with Gasteiger partial charge in [0.2, 0.25) is 10.0 Å². The highest BCUT2D eigenvalue weighted by Gasteiger charge is 2.31. The van der Waals surface area contributed by atoms with Gasteiger partial charge in [0.15, 0.2) is 0 Å². The van der Waals surface area contributed by atoms with E-state index >= 15 is 0 Å². The van der Waals surface area contributed by atoms with Crippen molar-refractivity contribution in [3.05, 3.63) is 29.8 Å². The first-order valence-electron chi connectivity index (χ1n) is 11.3. The molecule has 7 heteroatoms. The normalized spacial score (nSPS) is 27.5. The molecule has 0 aliphatic carbocycles. The van der Waals surface area contributed by atoms with Gasteiger partial charge in [-0.1, -0.05) is 20.3 Å². The van der Waals surface area contributed by atoms with Crippen molar-refractivity contribution in [1.82, 2.24) is 14.5 Å². The van der Waals surface area contributed by atoms with Crippen LogP contribution in [-0.4, -0.2) is 61.8 Å². The largest absolute Gasteiger partial charge is 0.348 e. The van der Waals surface area contributed by atoms with Crippen LogP contribution in [0.5, 0.6) is 0 Å². The molecule has 168 valence electrons. The maximum Gasteiger partial charge on any atom is 0.251 e. The predicted octanol–water partition coefficient (Wildman–Crippen LogP) is 3.35. The van der Waals surface area contributed by atoms with Gasteiger partial charge in [-0.05, 0) is 69.2 Å². The summed E-state index contributed by atoms with van der Waals surface area (Å²) in [5.74, 6) is 1.22. The lowest BCUT2D eigenvalue weighted by atomic mass is 9.92. The molecule has 0 radical (unpaired) electrons. The Morgan fingerprint density at radius 3 is 2.33 bits per heavy atom. The number of likely N-dealkylation sites (tertiary alicyclic amines) is 1. The van der Waals surface area contributed by atoms with Crippen LogP contribution in [0.2, 0.25) is 0 Å². The van der Waals surface area contributed by atoms with E-state index in [1.807, 2.05) is 13.8 Å². The quantitative estimate of drug-likeness (QED) is 0.744. The number of hydrogen-bond acceptors (Lipinski definition) is 4. The molecule has 1 amide bonds. The fourth-order valence-corrected chi connectivity index (χ4v) is 6.72. The number of piperidine rings is 2.